The number of hydrogen-bond acceptors (Lipinski definition) is 3. The Hall–Kier alpha value is -0.720. The van der Waals surface area contributed by atoms with Gasteiger partial charge in [0, 0.05) is 13.1 Å². The van der Waals surface area contributed by atoms with Crippen molar-refractivity contribution < 1.29 is 17.2 Å². The molecule has 1 aromatic rings. The summed E-state index contributed by atoms with van der Waals surface area (Å²) in [6.45, 7) is 3.27. The third kappa shape index (κ3) is 2.81. The Bertz CT molecular complexity index is 626. The first-order valence-electron chi connectivity index (χ1n) is 6.70. The summed E-state index contributed by atoms with van der Waals surface area (Å²) in [5.41, 5.74) is -1.90. The van der Waals surface area contributed by atoms with Crippen molar-refractivity contribution in [3.05, 3.63) is 30.1 Å². The van der Waals surface area contributed by atoms with Crippen LogP contribution in [0.15, 0.2) is 29.2 Å². The minimum absolute atomic E-state index is 0.0258. The first-order valence-corrected chi connectivity index (χ1v) is 8.52. The summed E-state index contributed by atoms with van der Waals surface area (Å²) in [5.74, 6) is -0.657. The van der Waals surface area contributed by atoms with Gasteiger partial charge in [0.15, 0.2) is 9.84 Å². The molecule has 1 fully saturated rings. The second kappa shape index (κ2) is 5.48. The SMILES string of the molecule is CC(C)(C1(F)CCN(Cl)CC1)S(=O)(=O)c1cccc(F)c1. The minimum atomic E-state index is -4.01. The fourth-order valence-corrected chi connectivity index (χ4v) is 4.57. The smallest absolute Gasteiger partial charge is 0.186 e. The van der Waals surface area contributed by atoms with E-state index in [4.69, 9.17) is 11.8 Å². The Balaban J connectivity index is 2.42. The third-order valence-electron chi connectivity index (χ3n) is 4.36. The molecular weight excluding hydrogens is 320 g/mol. The highest BCUT2D eigenvalue weighted by Gasteiger charge is 2.55. The van der Waals surface area contributed by atoms with E-state index in [2.05, 4.69) is 0 Å². The largest absolute Gasteiger partial charge is 0.242 e. The Morgan fingerprint density at radius 1 is 1.29 bits per heavy atom. The molecule has 0 aliphatic carbocycles. The van der Waals surface area contributed by atoms with Crippen molar-refractivity contribution in [3.63, 3.8) is 0 Å². The zero-order valence-electron chi connectivity index (χ0n) is 11.9. The average Bonchev–Trinajstić information content (AvgIpc) is 2.42. The molecule has 0 atom stereocenters. The van der Waals surface area contributed by atoms with Crippen LogP contribution in [0.1, 0.15) is 26.7 Å². The van der Waals surface area contributed by atoms with Gasteiger partial charge in [-0.05, 0) is 56.7 Å². The molecule has 0 amide bonds. The maximum absolute atomic E-state index is 15.2. The van der Waals surface area contributed by atoms with Gasteiger partial charge in [0.1, 0.15) is 16.2 Å². The molecule has 3 nitrogen and oxygen atoms in total. The highest BCUT2D eigenvalue weighted by molar-refractivity contribution is 7.92. The topological polar surface area (TPSA) is 37.4 Å². The number of hydrogen-bond donors (Lipinski definition) is 0. The molecule has 0 bridgehead atoms. The van der Waals surface area contributed by atoms with Crippen molar-refractivity contribution in [2.24, 2.45) is 0 Å². The first-order chi connectivity index (χ1) is 9.60. The standard InChI is InChI=1S/C14H18ClF2NO2S/c1-13(2,14(17)6-8-18(15)9-7-14)21(19,20)12-5-3-4-11(16)10-12/h3-5,10H,6-9H2,1-2H3. The van der Waals surface area contributed by atoms with Gasteiger partial charge in [0.05, 0.1) is 4.90 Å². The van der Waals surface area contributed by atoms with Crippen molar-refractivity contribution in [2.45, 2.75) is 42.0 Å². The van der Waals surface area contributed by atoms with Crippen molar-refractivity contribution in [1.29, 1.82) is 0 Å². The molecule has 1 aliphatic rings. The number of nitrogens with zero attached hydrogens (tertiary/aromatic N) is 1. The number of benzene rings is 1. The van der Waals surface area contributed by atoms with Crippen LogP contribution in [0.2, 0.25) is 0 Å². The lowest BCUT2D eigenvalue weighted by molar-refractivity contribution is 0.0549. The van der Waals surface area contributed by atoms with Crippen LogP contribution in [0.5, 0.6) is 0 Å². The van der Waals surface area contributed by atoms with E-state index in [1.165, 1.54) is 30.4 Å². The number of rotatable bonds is 3. The molecule has 0 radical (unpaired) electrons. The zero-order chi connectivity index (χ0) is 15.9. The van der Waals surface area contributed by atoms with Crippen LogP contribution < -0.4 is 0 Å². The predicted octanol–water partition coefficient (Wildman–Crippen LogP) is 3.34. The van der Waals surface area contributed by atoms with Gasteiger partial charge in [-0.25, -0.2) is 21.6 Å². The summed E-state index contributed by atoms with van der Waals surface area (Å²) in [7, 11) is -4.01. The van der Waals surface area contributed by atoms with Gasteiger partial charge in [-0.3, -0.25) is 0 Å². The van der Waals surface area contributed by atoms with E-state index in [1.54, 1.807) is 0 Å². The number of sulfone groups is 1. The molecule has 2 rings (SSSR count). The van der Waals surface area contributed by atoms with Gasteiger partial charge in [-0.15, -0.1) is 0 Å². The molecule has 0 saturated carbocycles. The Kier molecular flexibility index (Phi) is 4.35. The van der Waals surface area contributed by atoms with Crippen molar-refractivity contribution >= 4 is 21.6 Å². The van der Waals surface area contributed by atoms with Crippen LogP contribution >= 0.6 is 11.8 Å². The summed E-state index contributed by atoms with van der Waals surface area (Å²) in [6, 6.07) is 4.69. The summed E-state index contributed by atoms with van der Waals surface area (Å²) in [4.78, 5) is -0.196. The Labute approximate surface area is 128 Å². The van der Waals surface area contributed by atoms with E-state index in [1.807, 2.05) is 0 Å². The molecule has 1 heterocycles. The molecule has 0 N–H and O–H groups in total. The van der Waals surface area contributed by atoms with Crippen LogP contribution in [-0.4, -0.2) is 36.3 Å². The van der Waals surface area contributed by atoms with Crippen molar-refractivity contribution in [3.8, 4) is 0 Å². The minimum Gasteiger partial charge on any atom is -0.242 e. The van der Waals surface area contributed by atoms with Gasteiger partial charge in [0.2, 0.25) is 0 Å². The van der Waals surface area contributed by atoms with Crippen LogP contribution in [0.25, 0.3) is 0 Å². The van der Waals surface area contributed by atoms with Gasteiger partial charge in [-0.2, -0.15) is 0 Å². The number of alkyl halides is 1. The lowest BCUT2D eigenvalue weighted by Gasteiger charge is -2.43. The Morgan fingerprint density at radius 2 is 1.86 bits per heavy atom. The second-order valence-corrected chi connectivity index (χ2v) is 8.82. The first kappa shape index (κ1) is 16.6. The van der Waals surface area contributed by atoms with Gasteiger partial charge in [-0.1, -0.05) is 6.07 Å². The molecular formula is C14H18ClF2NO2S. The van der Waals surface area contributed by atoms with Crippen LogP contribution in [0.4, 0.5) is 8.78 Å². The summed E-state index contributed by atoms with van der Waals surface area (Å²) < 4.78 is 53.8. The third-order valence-corrected chi connectivity index (χ3v) is 7.28. The van der Waals surface area contributed by atoms with E-state index >= 15 is 4.39 Å². The molecule has 1 aromatic carbocycles. The van der Waals surface area contributed by atoms with Gasteiger partial charge >= 0.3 is 0 Å². The Morgan fingerprint density at radius 3 is 2.38 bits per heavy atom. The molecule has 21 heavy (non-hydrogen) atoms. The maximum atomic E-state index is 15.2. The van der Waals surface area contributed by atoms with E-state index < -0.39 is 26.1 Å². The molecule has 118 valence electrons. The zero-order valence-corrected chi connectivity index (χ0v) is 13.5. The van der Waals surface area contributed by atoms with Crippen molar-refractivity contribution in [2.75, 3.05) is 13.1 Å². The molecule has 1 saturated heterocycles. The molecule has 0 spiro atoms. The number of piperidine rings is 1. The van der Waals surface area contributed by atoms with E-state index in [-0.39, 0.29) is 30.8 Å². The van der Waals surface area contributed by atoms with E-state index in [0.29, 0.717) is 0 Å². The number of halogens is 3. The summed E-state index contributed by atoms with van der Waals surface area (Å²) in [6.07, 6.45) is 0.0517. The molecule has 7 heteroatoms. The van der Waals surface area contributed by atoms with Crippen molar-refractivity contribution in [1.82, 2.24) is 4.42 Å². The monoisotopic (exact) mass is 337 g/mol. The van der Waals surface area contributed by atoms with Gasteiger partial charge < -0.3 is 0 Å². The molecule has 0 aromatic heterocycles. The summed E-state index contributed by atoms with van der Waals surface area (Å²) in [5, 5.41) is 0. The van der Waals surface area contributed by atoms with Gasteiger partial charge in [0.25, 0.3) is 0 Å². The molecule has 0 unspecified atom stereocenters. The van der Waals surface area contributed by atoms with Crippen LogP contribution in [0, 0.1) is 5.82 Å². The second-order valence-electron chi connectivity index (χ2n) is 5.85. The lowest BCUT2D eigenvalue weighted by atomic mass is 9.83. The highest BCUT2D eigenvalue weighted by atomic mass is 35.5. The fourth-order valence-electron chi connectivity index (χ4n) is 2.61. The maximum Gasteiger partial charge on any atom is 0.186 e. The predicted molar refractivity (Wildman–Crippen MR) is 78.2 cm³/mol. The van der Waals surface area contributed by atoms with E-state index in [9.17, 15) is 12.8 Å². The van der Waals surface area contributed by atoms with Crippen LogP contribution in [0.3, 0.4) is 0 Å². The quantitative estimate of drug-likeness (QED) is 0.794. The summed E-state index contributed by atoms with van der Waals surface area (Å²) >= 11 is 5.81. The average molecular weight is 338 g/mol. The van der Waals surface area contributed by atoms with Crippen LogP contribution in [-0.2, 0) is 9.84 Å². The normalized spacial score (nSPS) is 20.4. The van der Waals surface area contributed by atoms with E-state index in [0.717, 1.165) is 12.1 Å². The fraction of sp³-hybridized carbons (Fsp3) is 0.571. The molecule has 1 aliphatic heterocycles. The lowest BCUT2D eigenvalue weighted by Crippen LogP contribution is -2.56. The highest BCUT2D eigenvalue weighted by Crippen LogP contribution is 2.44.